The Morgan fingerprint density at radius 2 is 1.72 bits per heavy atom. The lowest BCUT2D eigenvalue weighted by atomic mass is 10.0. The lowest BCUT2D eigenvalue weighted by Gasteiger charge is -2.11. The normalized spacial score (nSPS) is 10.4. The number of aromatic hydroxyl groups is 1. The fourth-order valence-corrected chi connectivity index (χ4v) is 1.92. The van der Waals surface area contributed by atoms with Gasteiger partial charge in [-0.3, -0.25) is 4.79 Å². The van der Waals surface area contributed by atoms with Crippen molar-refractivity contribution in [3.63, 3.8) is 0 Å². The van der Waals surface area contributed by atoms with Gasteiger partial charge in [-0.15, -0.1) is 0 Å². The topological polar surface area (TPSA) is 55.8 Å². The van der Waals surface area contributed by atoms with Crippen molar-refractivity contribution in [3.05, 3.63) is 29.8 Å². The third kappa shape index (κ3) is 1.86. The summed E-state index contributed by atoms with van der Waals surface area (Å²) < 4.78 is 10.4. The average molecular weight is 246 g/mol. The Hall–Kier alpha value is -2.23. The van der Waals surface area contributed by atoms with Gasteiger partial charge >= 0.3 is 0 Å². The van der Waals surface area contributed by atoms with E-state index in [-0.39, 0.29) is 11.5 Å². The zero-order valence-electron chi connectivity index (χ0n) is 10.5. The summed E-state index contributed by atoms with van der Waals surface area (Å²) in [4.78, 5) is 11.4. The second kappa shape index (κ2) is 4.56. The van der Waals surface area contributed by atoms with Crippen molar-refractivity contribution >= 4 is 16.6 Å². The Morgan fingerprint density at radius 1 is 1.11 bits per heavy atom. The van der Waals surface area contributed by atoms with E-state index in [1.807, 2.05) is 0 Å². The molecule has 0 heterocycles. The molecule has 4 nitrogen and oxygen atoms in total. The molecule has 0 atom stereocenters. The Labute approximate surface area is 105 Å². The van der Waals surface area contributed by atoms with Crippen LogP contribution in [0.2, 0.25) is 0 Å². The maximum Gasteiger partial charge on any atom is 0.163 e. The number of benzene rings is 2. The summed E-state index contributed by atoms with van der Waals surface area (Å²) in [6.07, 6.45) is 0. The van der Waals surface area contributed by atoms with Crippen LogP contribution in [0.4, 0.5) is 0 Å². The van der Waals surface area contributed by atoms with E-state index < -0.39 is 0 Å². The molecule has 1 N–H and O–H groups in total. The predicted molar refractivity (Wildman–Crippen MR) is 68.7 cm³/mol. The quantitative estimate of drug-likeness (QED) is 0.846. The molecule has 18 heavy (non-hydrogen) atoms. The van der Waals surface area contributed by atoms with Gasteiger partial charge in [0, 0.05) is 5.39 Å². The highest BCUT2D eigenvalue weighted by Gasteiger charge is 2.13. The van der Waals surface area contributed by atoms with Crippen molar-refractivity contribution in [2.24, 2.45) is 0 Å². The highest BCUT2D eigenvalue weighted by molar-refractivity contribution is 6.04. The molecular formula is C14H14O4. The first-order chi connectivity index (χ1) is 8.58. The number of phenolic OH excluding ortho intramolecular Hbond substituents is 1. The fraction of sp³-hybridized carbons (Fsp3) is 0.214. The van der Waals surface area contributed by atoms with Gasteiger partial charge in [0.1, 0.15) is 5.75 Å². The van der Waals surface area contributed by atoms with Gasteiger partial charge in [-0.2, -0.15) is 0 Å². The number of methoxy groups -OCH3 is 2. The van der Waals surface area contributed by atoms with Crippen LogP contribution in [0.3, 0.4) is 0 Å². The number of phenols is 1. The lowest BCUT2D eigenvalue weighted by Crippen LogP contribution is -1.95. The standard InChI is InChI=1S/C14H14O4/c1-8(15)10-5-4-9-6-12(17-2)13(18-3)7-11(9)14(10)16/h4-7,16H,1-3H3. The first-order valence-electron chi connectivity index (χ1n) is 5.47. The molecule has 0 amide bonds. The Kier molecular flexibility index (Phi) is 3.10. The lowest BCUT2D eigenvalue weighted by molar-refractivity contribution is 0.101. The minimum atomic E-state index is -0.177. The van der Waals surface area contributed by atoms with Gasteiger partial charge in [0.25, 0.3) is 0 Å². The van der Waals surface area contributed by atoms with Crippen LogP contribution in [0.15, 0.2) is 24.3 Å². The second-order valence-corrected chi connectivity index (χ2v) is 3.95. The molecule has 0 spiro atoms. The maximum atomic E-state index is 11.4. The monoisotopic (exact) mass is 246 g/mol. The molecule has 0 unspecified atom stereocenters. The summed E-state index contributed by atoms with van der Waals surface area (Å²) in [5.74, 6) is 0.895. The zero-order chi connectivity index (χ0) is 13.3. The van der Waals surface area contributed by atoms with Gasteiger partial charge in [-0.05, 0) is 30.5 Å². The molecule has 0 aliphatic rings. The van der Waals surface area contributed by atoms with Crippen LogP contribution in [0, 0.1) is 0 Å². The number of carbonyl (C=O) groups is 1. The molecule has 0 bridgehead atoms. The third-order valence-electron chi connectivity index (χ3n) is 2.87. The van der Waals surface area contributed by atoms with Crippen molar-refractivity contribution in [2.45, 2.75) is 6.92 Å². The second-order valence-electron chi connectivity index (χ2n) is 3.95. The number of hydrogen-bond acceptors (Lipinski definition) is 4. The van der Waals surface area contributed by atoms with Crippen LogP contribution in [0.25, 0.3) is 10.8 Å². The van der Waals surface area contributed by atoms with E-state index in [4.69, 9.17) is 9.47 Å². The van der Waals surface area contributed by atoms with Crippen LogP contribution in [-0.2, 0) is 0 Å². The fourth-order valence-electron chi connectivity index (χ4n) is 1.92. The van der Waals surface area contributed by atoms with Crippen LogP contribution < -0.4 is 9.47 Å². The molecule has 0 aliphatic heterocycles. The molecule has 2 aromatic carbocycles. The number of ether oxygens (including phenoxy) is 2. The van der Waals surface area contributed by atoms with E-state index >= 15 is 0 Å². The largest absolute Gasteiger partial charge is 0.507 e. The Morgan fingerprint density at radius 3 is 2.28 bits per heavy atom. The number of ketones is 1. The molecule has 0 fully saturated rings. The summed E-state index contributed by atoms with van der Waals surface area (Å²) >= 11 is 0. The smallest absolute Gasteiger partial charge is 0.163 e. The summed E-state index contributed by atoms with van der Waals surface area (Å²) in [6.45, 7) is 1.42. The van der Waals surface area contributed by atoms with Gasteiger partial charge in [0.15, 0.2) is 17.3 Å². The Bertz CT molecular complexity index is 617. The number of Topliss-reactive ketones (excluding diaryl/α,β-unsaturated/α-hetero) is 1. The number of fused-ring (bicyclic) bond motifs is 1. The SMILES string of the molecule is COc1cc2ccc(C(C)=O)c(O)c2cc1OC. The van der Waals surface area contributed by atoms with E-state index in [1.54, 1.807) is 31.4 Å². The van der Waals surface area contributed by atoms with Gasteiger partial charge < -0.3 is 14.6 Å². The molecule has 94 valence electrons. The van der Waals surface area contributed by atoms with E-state index in [0.29, 0.717) is 22.4 Å². The molecule has 2 rings (SSSR count). The molecule has 0 aliphatic carbocycles. The molecule has 0 aromatic heterocycles. The van der Waals surface area contributed by atoms with Crippen molar-refractivity contribution < 1.29 is 19.4 Å². The van der Waals surface area contributed by atoms with Crippen LogP contribution in [-0.4, -0.2) is 25.1 Å². The van der Waals surface area contributed by atoms with Gasteiger partial charge in [0.05, 0.1) is 19.8 Å². The van der Waals surface area contributed by atoms with E-state index in [9.17, 15) is 9.90 Å². The summed E-state index contributed by atoms with van der Waals surface area (Å²) in [5.41, 5.74) is 0.301. The van der Waals surface area contributed by atoms with Gasteiger partial charge in [-0.25, -0.2) is 0 Å². The summed E-state index contributed by atoms with van der Waals surface area (Å²) in [6, 6.07) is 6.80. The Balaban J connectivity index is 2.77. The minimum absolute atomic E-state index is 0.0269. The number of hydrogen-bond donors (Lipinski definition) is 1. The zero-order valence-corrected chi connectivity index (χ0v) is 10.5. The van der Waals surface area contributed by atoms with Crippen molar-refractivity contribution in [1.82, 2.24) is 0 Å². The number of rotatable bonds is 3. The molecule has 4 heteroatoms. The van der Waals surface area contributed by atoms with Crippen molar-refractivity contribution in [1.29, 1.82) is 0 Å². The molecule has 2 aromatic rings. The van der Waals surface area contributed by atoms with E-state index in [2.05, 4.69) is 0 Å². The van der Waals surface area contributed by atoms with Crippen molar-refractivity contribution in [3.8, 4) is 17.2 Å². The van der Waals surface area contributed by atoms with Gasteiger partial charge in [-0.1, -0.05) is 6.07 Å². The van der Waals surface area contributed by atoms with Crippen LogP contribution >= 0.6 is 0 Å². The average Bonchev–Trinajstić information content (AvgIpc) is 2.37. The first-order valence-corrected chi connectivity index (χ1v) is 5.47. The van der Waals surface area contributed by atoms with Crippen LogP contribution in [0.1, 0.15) is 17.3 Å². The van der Waals surface area contributed by atoms with Crippen molar-refractivity contribution in [2.75, 3.05) is 14.2 Å². The molecular weight excluding hydrogens is 232 g/mol. The van der Waals surface area contributed by atoms with Gasteiger partial charge in [0.2, 0.25) is 0 Å². The predicted octanol–water partition coefficient (Wildman–Crippen LogP) is 2.77. The molecule has 0 radical (unpaired) electrons. The third-order valence-corrected chi connectivity index (χ3v) is 2.87. The van der Waals surface area contributed by atoms with Crippen LogP contribution in [0.5, 0.6) is 17.2 Å². The summed E-state index contributed by atoms with van der Waals surface area (Å²) in [5, 5.41) is 11.4. The first kappa shape index (κ1) is 12.2. The maximum absolute atomic E-state index is 11.4. The highest BCUT2D eigenvalue weighted by Crippen LogP contribution is 2.37. The van der Waals surface area contributed by atoms with E-state index in [1.165, 1.54) is 14.0 Å². The molecule has 0 saturated carbocycles. The van der Waals surface area contributed by atoms with E-state index in [0.717, 1.165) is 5.39 Å². The number of carbonyl (C=O) groups excluding carboxylic acids is 1. The molecule has 0 saturated heterocycles. The highest BCUT2D eigenvalue weighted by atomic mass is 16.5. The summed E-state index contributed by atoms with van der Waals surface area (Å²) in [7, 11) is 3.07. The minimum Gasteiger partial charge on any atom is -0.507 e.